The van der Waals surface area contributed by atoms with Crippen molar-refractivity contribution in [2.24, 2.45) is 11.3 Å². The normalized spacial score (nSPS) is 16.9. The third-order valence-electron chi connectivity index (χ3n) is 2.09. The largest absolute Gasteiger partial charge is 0.319 e. The highest BCUT2D eigenvalue weighted by atomic mass is 15.4. The summed E-state index contributed by atoms with van der Waals surface area (Å²) in [7, 11) is 3.88. The number of hydrogen-bond donors (Lipinski definition) is 2. The molecule has 0 bridgehead atoms. The third-order valence-corrected chi connectivity index (χ3v) is 2.09. The number of hydrogen-bond acceptors (Lipinski definition) is 3. The van der Waals surface area contributed by atoms with E-state index < -0.39 is 0 Å². The average Bonchev–Trinajstić information content (AvgIpc) is 1.87. The molecule has 0 saturated carbocycles. The second-order valence-electron chi connectivity index (χ2n) is 3.61. The van der Waals surface area contributed by atoms with Crippen molar-refractivity contribution in [2.75, 3.05) is 27.2 Å². The van der Waals surface area contributed by atoms with Crippen LogP contribution in [0.2, 0.25) is 0 Å². The van der Waals surface area contributed by atoms with Crippen molar-refractivity contribution in [1.29, 1.82) is 0 Å². The topological polar surface area (TPSA) is 41.3 Å². The number of rotatable bonds is 5. The maximum atomic E-state index is 5.59. The van der Waals surface area contributed by atoms with Gasteiger partial charge in [0.05, 0.1) is 0 Å². The molecule has 0 rings (SSSR count). The highest BCUT2D eigenvalue weighted by Gasteiger charge is 2.21. The molecule has 1 atom stereocenters. The average molecular weight is 159 g/mol. The summed E-state index contributed by atoms with van der Waals surface area (Å²) in [6, 6.07) is 0. The van der Waals surface area contributed by atoms with E-state index in [1.54, 1.807) is 5.01 Å². The summed E-state index contributed by atoms with van der Waals surface area (Å²) in [6.45, 7) is 6.39. The molecular formula is C8H21N3. The quantitative estimate of drug-likeness (QED) is 0.451. The first-order valence-corrected chi connectivity index (χ1v) is 4.14. The van der Waals surface area contributed by atoms with Crippen LogP contribution in [0, 0.1) is 5.41 Å². The summed E-state index contributed by atoms with van der Waals surface area (Å²) in [5, 5.41) is 4.93. The zero-order valence-corrected chi connectivity index (χ0v) is 8.15. The molecule has 68 valence electrons. The van der Waals surface area contributed by atoms with Crippen molar-refractivity contribution in [1.82, 2.24) is 10.3 Å². The van der Waals surface area contributed by atoms with E-state index >= 15 is 0 Å². The van der Waals surface area contributed by atoms with Crippen molar-refractivity contribution in [3.05, 3.63) is 0 Å². The van der Waals surface area contributed by atoms with Crippen LogP contribution in [0.1, 0.15) is 20.3 Å². The predicted octanol–water partition coefficient (Wildman–Crippen LogP) is 0.428. The Morgan fingerprint density at radius 1 is 1.55 bits per heavy atom. The van der Waals surface area contributed by atoms with E-state index in [2.05, 4.69) is 19.2 Å². The van der Waals surface area contributed by atoms with Gasteiger partial charge in [-0.05, 0) is 18.9 Å². The van der Waals surface area contributed by atoms with Gasteiger partial charge in [-0.3, -0.25) is 5.84 Å². The Kier molecular flexibility index (Phi) is 4.65. The lowest BCUT2D eigenvalue weighted by Gasteiger charge is -2.30. The molecule has 3 heteroatoms. The zero-order chi connectivity index (χ0) is 8.91. The molecule has 0 aromatic rings. The molecule has 1 unspecified atom stereocenters. The summed E-state index contributed by atoms with van der Waals surface area (Å²) < 4.78 is 0. The fraction of sp³-hybridized carbons (Fsp3) is 1.00. The van der Waals surface area contributed by atoms with E-state index in [4.69, 9.17) is 5.84 Å². The van der Waals surface area contributed by atoms with Crippen LogP contribution in [0.15, 0.2) is 0 Å². The number of nitrogens with zero attached hydrogens (tertiary/aromatic N) is 1. The number of nitrogens with two attached hydrogens (primary N) is 1. The smallest absolute Gasteiger partial charge is 0.0191 e. The summed E-state index contributed by atoms with van der Waals surface area (Å²) >= 11 is 0. The third kappa shape index (κ3) is 4.35. The van der Waals surface area contributed by atoms with Gasteiger partial charge in [0.15, 0.2) is 0 Å². The molecule has 11 heavy (non-hydrogen) atoms. The van der Waals surface area contributed by atoms with E-state index in [1.807, 2.05) is 14.1 Å². The molecule has 0 aliphatic rings. The Balaban J connectivity index is 3.87. The molecule has 3 nitrogen and oxygen atoms in total. The SMILES string of the molecule is CCC(C)(CNC)CN(C)N. The Labute approximate surface area is 69.9 Å². The Bertz CT molecular complexity index is 104. The van der Waals surface area contributed by atoms with E-state index in [0.29, 0.717) is 5.41 Å². The fourth-order valence-corrected chi connectivity index (χ4v) is 1.32. The Morgan fingerprint density at radius 2 is 2.09 bits per heavy atom. The first-order chi connectivity index (χ1) is 5.04. The summed E-state index contributed by atoms with van der Waals surface area (Å²) in [5.74, 6) is 5.59. The van der Waals surface area contributed by atoms with Crippen LogP contribution in [0.5, 0.6) is 0 Å². The molecule has 0 aromatic heterocycles. The van der Waals surface area contributed by atoms with Crippen molar-refractivity contribution >= 4 is 0 Å². The Hall–Kier alpha value is -0.120. The molecular weight excluding hydrogens is 138 g/mol. The first kappa shape index (κ1) is 10.9. The second-order valence-corrected chi connectivity index (χ2v) is 3.61. The number of hydrazine groups is 1. The molecule has 0 amide bonds. The van der Waals surface area contributed by atoms with Gasteiger partial charge < -0.3 is 5.32 Å². The van der Waals surface area contributed by atoms with Crippen LogP contribution >= 0.6 is 0 Å². The van der Waals surface area contributed by atoms with Gasteiger partial charge in [0.25, 0.3) is 0 Å². The van der Waals surface area contributed by atoms with Crippen LogP contribution in [0.25, 0.3) is 0 Å². The van der Waals surface area contributed by atoms with Gasteiger partial charge in [-0.2, -0.15) is 0 Å². The van der Waals surface area contributed by atoms with Crippen molar-refractivity contribution in [2.45, 2.75) is 20.3 Å². The summed E-state index contributed by atoms with van der Waals surface area (Å²) in [6.07, 6.45) is 1.15. The first-order valence-electron chi connectivity index (χ1n) is 4.14. The van der Waals surface area contributed by atoms with Gasteiger partial charge >= 0.3 is 0 Å². The maximum absolute atomic E-state index is 5.59. The maximum Gasteiger partial charge on any atom is 0.0191 e. The lowest BCUT2D eigenvalue weighted by Crippen LogP contribution is -2.42. The second kappa shape index (κ2) is 4.70. The van der Waals surface area contributed by atoms with Crippen molar-refractivity contribution in [3.8, 4) is 0 Å². The molecule has 0 aromatic carbocycles. The molecule has 0 heterocycles. The minimum Gasteiger partial charge on any atom is -0.319 e. The minimum atomic E-state index is 0.304. The van der Waals surface area contributed by atoms with Crippen LogP contribution < -0.4 is 11.2 Å². The molecule has 0 radical (unpaired) electrons. The van der Waals surface area contributed by atoms with Crippen molar-refractivity contribution in [3.63, 3.8) is 0 Å². The summed E-state index contributed by atoms with van der Waals surface area (Å²) in [5.41, 5.74) is 0.304. The van der Waals surface area contributed by atoms with Gasteiger partial charge in [0.1, 0.15) is 0 Å². The van der Waals surface area contributed by atoms with E-state index in [1.165, 1.54) is 0 Å². The van der Waals surface area contributed by atoms with Gasteiger partial charge in [0, 0.05) is 20.1 Å². The standard InChI is InChI=1S/C8H21N3/c1-5-8(2,6-10-3)7-11(4)9/h10H,5-7,9H2,1-4H3. The fourth-order valence-electron chi connectivity index (χ4n) is 1.32. The highest BCUT2D eigenvalue weighted by molar-refractivity contribution is 4.76. The van der Waals surface area contributed by atoms with Gasteiger partial charge in [-0.15, -0.1) is 0 Å². The van der Waals surface area contributed by atoms with Crippen LogP contribution in [0.3, 0.4) is 0 Å². The number of nitrogens with one attached hydrogen (secondary N) is 1. The van der Waals surface area contributed by atoms with E-state index in [0.717, 1.165) is 19.5 Å². The van der Waals surface area contributed by atoms with Gasteiger partial charge in [-0.25, -0.2) is 5.01 Å². The Morgan fingerprint density at radius 3 is 2.36 bits per heavy atom. The lowest BCUT2D eigenvalue weighted by molar-refractivity contribution is 0.186. The molecule has 0 aliphatic heterocycles. The van der Waals surface area contributed by atoms with E-state index in [9.17, 15) is 0 Å². The molecule has 0 saturated heterocycles. The molecule has 0 fully saturated rings. The van der Waals surface area contributed by atoms with E-state index in [-0.39, 0.29) is 0 Å². The molecule has 0 aliphatic carbocycles. The monoisotopic (exact) mass is 159 g/mol. The molecule has 3 N–H and O–H groups in total. The van der Waals surface area contributed by atoms with Crippen molar-refractivity contribution < 1.29 is 0 Å². The zero-order valence-electron chi connectivity index (χ0n) is 8.15. The van der Waals surface area contributed by atoms with Crippen LogP contribution in [-0.2, 0) is 0 Å². The van der Waals surface area contributed by atoms with Crippen LogP contribution in [0.4, 0.5) is 0 Å². The van der Waals surface area contributed by atoms with Crippen LogP contribution in [-0.4, -0.2) is 32.2 Å². The predicted molar refractivity (Wildman–Crippen MR) is 49.1 cm³/mol. The highest BCUT2D eigenvalue weighted by Crippen LogP contribution is 2.19. The van der Waals surface area contributed by atoms with Gasteiger partial charge in [-0.1, -0.05) is 13.8 Å². The minimum absolute atomic E-state index is 0.304. The van der Waals surface area contributed by atoms with Gasteiger partial charge in [0.2, 0.25) is 0 Å². The molecule has 0 spiro atoms. The summed E-state index contributed by atoms with van der Waals surface area (Å²) in [4.78, 5) is 0. The lowest BCUT2D eigenvalue weighted by atomic mass is 9.87.